The third-order valence-electron chi connectivity index (χ3n) is 20.4. The summed E-state index contributed by atoms with van der Waals surface area (Å²) < 4.78 is 19.0. The second-order valence-electron chi connectivity index (χ2n) is 25.9. The van der Waals surface area contributed by atoms with Gasteiger partial charge in [0.15, 0.2) is 5.58 Å². The summed E-state index contributed by atoms with van der Waals surface area (Å²) in [4.78, 5) is 11.7. The average Bonchev–Trinajstić information content (AvgIpc) is 1.47. The van der Waals surface area contributed by atoms with Crippen molar-refractivity contribution in [1.82, 2.24) is 28.2 Å². The first kappa shape index (κ1) is 56.1. The summed E-state index contributed by atoms with van der Waals surface area (Å²) >= 11 is 1.70. The van der Waals surface area contributed by atoms with Crippen LogP contribution in [0, 0.1) is 0 Å². The van der Waals surface area contributed by atoms with E-state index in [0.717, 1.165) is 186 Å². The molecule has 0 radical (unpaired) electrons. The number of hydrogen-bond donors (Lipinski definition) is 0. The van der Waals surface area contributed by atoms with E-state index in [0.29, 0.717) is 11.5 Å². The number of benzene rings is 15. The predicted octanol–water partition coefficient (Wildman–Crippen LogP) is 24.8. The molecule has 0 saturated heterocycles. The normalized spacial score (nSPS) is 12.0. The molecular weight excluding hydrogens is 1240 g/mol. The van der Waals surface area contributed by atoms with Gasteiger partial charge in [0.05, 0.1) is 88.2 Å². The zero-order valence-corrected chi connectivity index (χ0v) is 54.6. The molecule has 0 amide bonds. The molecule has 7 nitrogen and oxygen atoms in total. The summed E-state index contributed by atoms with van der Waals surface area (Å²) in [5, 5.41) is 9.71. The fraction of sp³-hybridized carbons (Fsp3) is 0. The molecule has 0 unspecified atom stereocenters. The maximum Gasteiger partial charge on any atom is 0.230 e. The van der Waals surface area contributed by atoms with Gasteiger partial charge in [-0.25, -0.2) is 9.97 Å². The largest absolute Gasteiger partial charge is 0.436 e. The topological polar surface area (TPSA) is 58.6 Å². The molecule has 21 rings (SSSR count). The van der Waals surface area contributed by atoms with Gasteiger partial charge in [0, 0.05) is 43.1 Å². The third kappa shape index (κ3) is 8.51. The Labute approximate surface area is 577 Å². The Bertz CT molecular complexity index is 6410. The molecule has 466 valence electrons. The lowest BCUT2D eigenvalue weighted by Gasteiger charge is -2.30. The van der Waals surface area contributed by atoms with E-state index >= 15 is 0 Å². The second kappa shape index (κ2) is 22.2. The highest BCUT2D eigenvalue weighted by molar-refractivity contribution is 7.21. The zero-order valence-electron chi connectivity index (χ0n) is 53.8. The molecule has 8 heteroatoms. The molecule has 6 heterocycles. The Hall–Kier alpha value is -13.1. The molecule has 100 heavy (non-hydrogen) atoms. The van der Waals surface area contributed by atoms with E-state index < -0.39 is 0 Å². The number of thiazole rings is 1. The Kier molecular flexibility index (Phi) is 12.5. The van der Waals surface area contributed by atoms with Crippen LogP contribution in [0.4, 0.5) is 0 Å². The summed E-state index contributed by atoms with van der Waals surface area (Å²) in [6.45, 7) is 0. The average molecular weight is 1290 g/mol. The fourth-order valence-corrected chi connectivity index (χ4v) is 17.0. The van der Waals surface area contributed by atoms with Crippen LogP contribution in [0.25, 0.3) is 198 Å². The highest BCUT2D eigenvalue weighted by Crippen LogP contribution is 2.56. The van der Waals surface area contributed by atoms with Crippen LogP contribution in [0.5, 0.6) is 0 Å². The summed E-state index contributed by atoms with van der Waals surface area (Å²) in [6.07, 6.45) is 0. The Balaban J connectivity index is 1.07. The summed E-state index contributed by atoms with van der Waals surface area (Å²) in [5.41, 5.74) is 24.9. The van der Waals surface area contributed by atoms with Gasteiger partial charge >= 0.3 is 0 Å². The van der Waals surface area contributed by atoms with Crippen LogP contribution in [-0.4, -0.2) is 28.2 Å². The molecular formula is C92H56N6OS. The van der Waals surface area contributed by atoms with Crippen LogP contribution in [-0.2, 0) is 0 Å². The van der Waals surface area contributed by atoms with Crippen LogP contribution in [0.1, 0.15) is 0 Å². The van der Waals surface area contributed by atoms with Crippen molar-refractivity contribution < 1.29 is 4.42 Å². The Morgan fingerprint density at radius 3 is 0.920 bits per heavy atom. The predicted molar refractivity (Wildman–Crippen MR) is 417 cm³/mol. The van der Waals surface area contributed by atoms with Crippen molar-refractivity contribution in [1.29, 1.82) is 0 Å². The van der Waals surface area contributed by atoms with Gasteiger partial charge in [-0.1, -0.05) is 243 Å². The minimum atomic E-state index is 0.459. The zero-order chi connectivity index (χ0) is 65.5. The van der Waals surface area contributed by atoms with Gasteiger partial charge in [-0.2, -0.15) is 0 Å². The lowest BCUT2D eigenvalue weighted by atomic mass is 9.96. The summed E-state index contributed by atoms with van der Waals surface area (Å²) in [7, 11) is 0. The molecule has 0 bridgehead atoms. The van der Waals surface area contributed by atoms with Crippen molar-refractivity contribution in [2.24, 2.45) is 0 Å². The lowest BCUT2D eigenvalue weighted by molar-refractivity contribution is 0.619. The van der Waals surface area contributed by atoms with Gasteiger partial charge in [0.2, 0.25) is 5.89 Å². The van der Waals surface area contributed by atoms with Crippen LogP contribution >= 0.6 is 11.3 Å². The van der Waals surface area contributed by atoms with Crippen LogP contribution in [0.3, 0.4) is 0 Å². The molecule has 0 N–H and O–H groups in total. The molecule has 0 saturated carbocycles. The molecule has 21 aromatic rings. The highest BCUT2D eigenvalue weighted by atomic mass is 32.1. The molecule has 0 fully saturated rings. The number of nitrogens with zero attached hydrogens (tertiary/aromatic N) is 6. The van der Waals surface area contributed by atoms with Gasteiger partial charge < -0.3 is 22.7 Å². The third-order valence-corrected chi connectivity index (χ3v) is 21.5. The van der Waals surface area contributed by atoms with E-state index in [1.54, 1.807) is 11.3 Å². The maximum absolute atomic E-state index is 7.61. The van der Waals surface area contributed by atoms with Crippen LogP contribution in [0.2, 0.25) is 0 Å². The Morgan fingerprint density at radius 2 is 0.540 bits per heavy atom. The first-order valence-corrected chi connectivity index (χ1v) is 34.8. The first-order chi connectivity index (χ1) is 49.6. The van der Waals surface area contributed by atoms with Crippen molar-refractivity contribution in [2.75, 3.05) is 0 Å². The molecule has 0 atom stereocenters. The van der Waals surface area contributed by atoms with Crippen molar-refractivity contribution in [2.45, 2.75) is 0 Å². The van der Waals surface area contributed by atoms with E-state index in [2.05, 4.69) is 346 Å². The highest BCUT2D eigenvalue weighted by Gasteiger charge is 2.38. The minimum Gasteiger partial charge on any atom is -0.436 e. The van der Waals surface area contributed by atoms with Gasteiger partial charge in [-0.3, -0.25) is 0 Å². The van der Waals surface area contributed by atoms with E-state index in [9.17, 15) is 0 Å². The van der Waals surface area contributed by atoms with E-state index in [1.807, 2.05) is 12.1 Å². The van der Waals surface area contributed by atoms with E-state index in [4.69, 9.17) is 14.4 Å². The van der Waals surface area contributed by atoms with Gasteiger partial charge in [0.1, 0.15) is 10.5 Å². The number of aromatic nitrogens is 6. The number of fused-ring (bicyclic) bond motifs is 14. The second-order valence-corrected chi connectivity index (χ2v) is 27.0. The monoisotopic (exact) mass is 1290 g/mol. The molecule has 0 aliphatic heterocycles. The number of para-hydroxylation sites is 7. The smallest absolute Gasteiger partial charge is 0.230 e. The fourth-order valence-electron chi connectivity index (χ4n) is 16.0. The van der Waals surface area contributed by atoms with E-state index in [1.165, 1.54) is 0 Å². The molecule has 15 aromatic carbocycles. The number of oxazole rings is 1. The molecule has 0 spiro atoms. The molecule has 6 aromatic heterocycles. The molecule has 0 aliphatic rings. The van der Waals surface area contributed by atoms with Crippen LogP contribution in [0.15, 0.2) is 344 Å². The van der Waals surface area contributed by atoms with Gasteiger partial charge in [0.25, 0.3) is 0 Å². The van der Waals surface area contributed by atoms with Crippen molar-refractivity contribution in [3.63, 3.8) is 0 Å². The summed E-state index contributed by atoms with van der Waals surface area (Å²) in [6, 6.07) is 124. The van der Waals surface area contributed by atoms with Crippen molar-refractivity contribution >= 4 is 120 Å². The lowest BCUT2D eigenvalue weighted by Crippen LogP contribution is -2.16. The summed E-state index contributed by atoms with van der Waals surface area (Å²) in [5.74, 6) is 0.459. The van der Waals surface area contributed by atoms with Gasteiger partial charge in [-0.05, 0) is 142 Å². The Morgan fingerprint density at radius 1 is 0.230 bits per heavy atom. The van der Waals surface area contributed by atoms with Crippen LogP contribution < -0.4 is 0 Å². The van der Waals surface area contributed by atoms with Crippen molar-refractivity contribution in [3.8, 4) is 89.3 Å². The quantitative estimate of drug-likeness (QED) is 0.137. The van der Waals surface area contributed by atoms with Gasteiger partial charge in [-0.15, -0.1) is 11.3 Å². The van der Waals surface area contributed by atoms with E-state index in [-0.39, 0.29) is 0 Å². The first-order valence-electron chi connectivity index (χ1n) is 34.0. The number of rotatable bonds is 10. The maximum atomic E-state index is 7.61. The number of hydrogen-bond acceptors (Lipinski definition) is 4. The molecule has 0 aliphatic carbocycles. The SMILES string of the molecule is c1ccc(-c2ccc3c(c2)c2ccccc2n3-c2c(-c3nc4ccccc4o3)c(-c3nc4ccccc4s3)c(-n3c4ccccc4c4cc(-c5ccccc5)ccc43)c(-n3c4ccccc4c4cc(-c5ccccc5)ccc43)c2-n2c3ccccc3c3cc(-c4ccccc4)ccc32)cc1. The minimum absolute atomic E-state index is 0.459. The standard InChI is InChI=1S/C92H56N6OS/c1-5-25-57(26-6-1)61-45-49-79-69(53-61)65-33-13-19-39-75(65)95(79)87-85(91-93-73-37-17-23-43-83(73)99-91)86(92-94-74-38-18-24-44-84(74)100-92)88(96-76-40-20-14-34-66(76)70-54-62(46-50-80(70)96)58-27-7-2-8-28-58)90(98-78-42-22-16-36-68(78)72-56-64(48-52-82(72)98)60-31-11-4-12-32-60)89(87)97-77-41-21-15-35-67(77)71-55-63(47-51-81(71)97)59-29-9-3-10-30-59/h1-56H. The van der Waals surface area contributed by atoms with Crippen molar-refractivity contribution in [3.05, 3.63) is 340 Å².